The van der Waals surface area contributed by atoms with Crippen molar-refractivity contribution in [3.05, 3.63) is 47.2 Å². The minimum atomic E-state index is -4.84. The van der Waals surface area contributed by atoms with E-state index < -0.39 is 88.7 Å². The van der Waals surface area contributed by atoms with Crippen LogP contribution in [0.2, 0.25) is 0 Å². The van der Waals surface area contributed by atoms with E-state index in [1.54, 1.807) is 0 Å². The highest BCUT2D eigenvalue weighted by atomic mass is 32.2. The number of halogens is 7. The van der Waals surface area contributed by atoms with E-state index in [-0.39, 0.29) is 35.9 Å². The van der Waals surface area contributed by atoms with Crippen LogP contribution in [0.25, 0.3) is 0 Å². The van der Waals surface area contributed by atoms with Crippen LogP contribution in [0.5, 0.6) is 0 Å². The molecule has 230 valence electrons. The molecule has 2 aromatic rings. The van der Waals surface area contributed by atoms with E-state index in [1.807, 2.05) is 0 Å². The fourth-order valence-electron chi connectivity index (χ4n) is 4.85. The Morgan fingerprint density at radius 2 is 1.79 bits per heavy atom. The number of likely N-dealkylation sites (tertiary alicyclic amines) is 1. The number of amides is 2. The Bertz CT molecular complexity index is 1500. The quantitative estimate of drug-likeness (QED) is 0.444. The first kappa shape index (κ1) is 31.7. The molecule has 0 spiro atoms. The molecule has 4 rings (SSSR count). The number of alkyl halides is 7. The van der Waals surface area contributed by atoms with Gasteiger partial charge in [0.25, 0.3) is 17.7 Å². The lowest BCUT2D eigenvalue weighted by molar-refractivity contribution is -0.142. The highest BCUT2D eigenvalue weighted by molar-refractivity contribution is 7.93. The number of nitrogens with zero attached hydrogens (tertiary/aromatic N) is 4. The molecule has 1 aromatic carbocycles. The van der Waals surface area contributed by atoms with Crippen molar-refractivity contribution >= 4 is 33.0 Å². The topological polar surface area (TPSA) is 95.0 Å². The summed E-state index contributed by atoms with van der Waals surface area (Å²) in [4.78, 5) is 32.0. The maximum absolute atomic E-state index is 14.0. The largest absolute Gasteiger partial charge is 0.418 e. The van der Waals surface area contributed by atoms with E-state index in [0.29, 0.717) is 6.20 Å². The summed E-state index contributed by atoms with van der Waals surface area (Å²) < 4.78 is 112. The molecule has 0 bridgehead atoms. The lowest BCUT2D eigenvalue weighted by atomic mass is 10.0. The second-order valence-corrected chi connectivity index (χ2v) is 12.7. The second-order valence-electron chi connectivity index (χ2n) is 10.5. The van der Waals surface area contributed by atoms with Gasteiger partial charge in [0, 0.05) is 49.0 Å². The number of hydrogen-bond acceptors (Lipinski definition) is 6. The van der Waals surface area contributed by atoms with Crippen LogP contribution >= 0.6 is 0 Å². The van der Waals surface area contributed by atoms with Crippen LogP contribution in [0.1, 0.15) is 40.7 Å². The van der Waals surface area contributed by atoms with Crippen LogP contribution in [0.4, 0.5) is 42.2 Å². The highest BCUT2D eigenvalue weighted by Crippen LogP contribution is 2.37. The van der Waals surface area contributed by atoms with E-state index in [9.17, 15) is 44.5 Å². The van der Waals surface area contributed by atoms with Crippen LogP contribution in [0.3, 0.4) is 0 Å². The number of rotatable bonds is 6. The van der Waals surface area contributed by atoms with Crippen molar-refractivity contribution in [1.82, 2.24) is 9.88 Å². The Labute approximate surface area is 237 Å². The number of carbonyl (C=O) groups is 2. The van der Waals surface area contributed by atoms with Gasteiger partial charge < -0.3 is 10.2 Å². The van der Waals surface area contributed by atoms with Gasteiger partial charge in [-0.1, -0.05) is 6.07 Å². The van der Waals surface area contributed by atoms with Crippen molar-refractivity contribution in [2.24, 2.45) is 4.36 Å². The third-order valence-electron chi connectivity index (χ3n) is 6.94. The molecule has 2 aliphatic heterocycles. The van der Waals surface area contributed by atoms with E-state index in [0.717, 1.165) is 18.1 Å². The molecular weight excluding hydrogens is 595 g/mol. The lowest BCUT2D eigenvalue weighted by Gasteiger charge is -2.37. The predicted octanol–water partition coefficient (Wildman–Crippen LogP) is 5.22. The Balaban J connectivity index is 1.62. The Morgan fingerprint density at radius 3 is 2.43 bits per heavy atom. The van der Waals surface area contributed by atoms with Gasteiger partial charge in [-0.25, -0.2) is 26.8 Å². The van der Waals surface area contributed by atoms with E-state index in [2.05, 4.69) is 14.7 Å². The zero-order valence-electron chi connectivity index (χ0n) is 22.6. The van der Waals surface area contributed by atoms with Gasteiger partial charge in [-0.05, 0) is 37.1 Å². The van der Waals surface area contributed by atoms with Gasteiger partial charge in [-0.3, -0.25) is 14.5 Å². The van der Waals surface area contributed by atoms with E-state index in [4.69, 9.17) is 0 Å². The maximum atomic E-state index is 14.0. The molecule has 1 aromatic heterocycles. The van der Waals surface area contributed by atoms with Crippen molar-refractivity contribution < 1.29 is 44.5 Å². The standard InChI is InChI=1S/C26H28F7N5O3S/c1-16-19(26(31,32)33)12-34-22(38-9-4-7-24(27,28)8-10-38)21(16)23(40)35-17-5-3-6-18(11-17)42(2,41)36-20(39)13-37-14-25(29,30)15-37/h3,5-6,11-12H,4,7-10,13-15H2,1-2H3,(H,35,40)/t42-/m1/s1. The Morgan fingerprint density at radius 1 is 1.10 bits per heavy atom. The number of aromatic nitrogens is 1. The van der Waals surface area contributed by atoms with Crippen LogP contribution in [-0.4, -0.2) is 76.7 Å². The normalized spacial score (nSPS) is 20.2. The number of pyridine rings is 1. The average molecular weight is 624 g/mol. The zero-order chi connectivity index (χ0) is 31.1. The molecule has 0 aliphatic carbocycles. The van der Waals surface area contributed by atoms with E-state index in [1.165, 1.54) is 29.2 Å². The van der Waals surface area contributed by atoms with Gasteiger partial charge in [0.1, 0.15) is 5.82 Å². The molecular formula is C26H28F7N5O3S. The molecule has 42 heavy (non-hydrogen) atoms. The maximum Gasteiger partial charge on any atom is 0.418 e. The van der Waals surface area contributed by atoms with Gasteiger partial charge in [0.2, 0.25) is 5.92 Å². The molecule has 2 saturated heterocycles. The van der Waals surface area contributed by atoms with Gasteiger partial charge in [0.05, 0.1) is 40.5 Å². The molecule has 2 amide bonds. The van der Waals surface area contributed by atoms with Crippen molar-refractivity contribution in [2.45, 2.75) is 49.1 Å². The summed E-state index contributed by atoms with van der Waals surface area (Å²) >= 11 is 0. The van der Waals surface area contributed by atoms with Crippen LogP contribution in [-0.2, 0) is 20.7 Å². The minimum Gasteiger partial charge on any atom is -0.356 e. The summed E-state index contributed by atoms with van der Waals surface area (Å²) in [5.41, 5.74) is -2.07. The van der Waals surface area contributed by atoms with Gasteiger partial charge in [0.15, 0.2) is 0 Å². The van der Waals surface area contributed by atoms with Crippen molar-refractivity contribution in [3.63, 3.8) is 0 Å². The Kier molecular flexibility index (Phi) is 8.62. The summed E-state index contributed by atoms with van der Waals surface area (Å²) in [5.74, 6) is -7.93. The van der Waals surface area contributed by atoms with Crippen LogP contribution in [0, 0.1) is 6.92 Å². The van der Waals surface area contributed by atoms with Crippen molar-refractivity contribution in [2.75, 3.05) is 49.2 Å². The summed E-state index contributed by atoms with van der Waals surface area (Å²) in [6.45, 7) is -0.791. The smallest absolute Gasteiger partial charge is 0.356 e. The molecule has 0 unspecified atom stereocenters. The van der Waals surface area contributed by atoms with E-state index >= 15 is 0 Å². The summed E-state index contributed by atoms with van der Waals surface area (Å²) in [6.07, 6.45) is -4.08. The summed E-state index contributed by atoms with van der Waals surface area (Å²) in [7, 11) is -3.40. The second kappa shape index (κ2) is 11.4. The molecule has 0 radical (unpaired) electrons. The fourth-order valence-corrected chi connectivity index (χ4v) is 6.08. The van der Waals surface area contributed by atoms with Gasteiger partial charge in [-0.2, -0.15) is 17.5 Å². The first-order chi connectivity index (χ1) is 19.4. The molecule has 8 nitrogen and oxygen atoms in total. The van der Waals surface area contributed by atoms with Gasteiger partial charge in [-0.15, -0.1) is 0 Å². The number of benzene rings is 1. The van der Waals surface area contributed by atoms with Gasteiger partial charge >= 0.3 is 6.18 Å². The predicted molar refractivity (Wildman–Crippen MR) is 141 cm³/mol. The molecule has 1 atom stereocenters. The minimum absolute atomic E-state index is 0.00210. The molecule has 1 N–H and O–H groups in total. The van der Waals surface area contributed by atoms with Crippen LogP contribution in [0.15, 0.2) is 39.7 Å². The third-order valence-corrected chi connectivity index (χ3v) is 8.62. The number of nitrogens with one attached hydrogen (secondary N) is 1. The summed E-state index contributed by atoms with van der Waals surface area (Å²) in [6, 6.07) is 5.31. The first-order valence-electron chi connectivity index (χ1n) is 12.8. The third kappa shape index (κ3) is 7.38. The van der Waals surface area contributed by atoms with Crippen LogP contribution < -0.4 is 10.2 Å². The Hall–Kier alpha value is -3.27. The van der Waals surface area contributed by atoms with Crippen molar-refractivity contribution in [3.8, 4) is 0 Å². The monoisotopic (exact) mass is 623 g/mol. The molecule has 0 saturated carbocycles. The molecule has 16 heteroatoms. The fraction of sp³-hybridized carbons (Fsp3) is 0.500. The molecule has 3 heterocycles. The average Bonchev–Trinajstić information content (AvgIpc) is 3.01. The zero-order valence-corrected chi connectivity index (χ0v) is 23.4. The highest BCUT2D eigenvalue weighted by Gasteiger charge is 2.44. The molecule has 2 fully saturated rings. The molecule has 2 aliphatic rings. The number of hydrogen-bond donors (Lipinski definition) is 1. The van der Waals surface area contributed by atoms with Crippen molar-refractivity contribution in [1.29, 1.82) is 0 Å². The first-order valence-corrected chi connectivity index (χ1v) is 14.8. The SMILES string of the molecule is Cc1c(C(F)(F)F)cnc(N2CCCC(F)(F)CC2)c1C(=O)Nc1cccc([S@@](C)(=O)=NC(=O)CN2CC(F)(F)C2)c1. The number of anilines is 2. The lowest BCUT2D eigenvalue weighted by Crippen LogP contribution is -2.57. The number of carbonyl (C=O) groups excluding carboxylic acids is 2. The summed E-state index contributed by atoms with van der Waals surface area (Å²) in [5, 5.41) is 2.45.